The number of hydrogen-bond acceptors (Lipinski definition) is 4. The molecule has 1 aliphatic rings. The Kier molecular flexibility index (Phi) is 3.31. The van der Waals surface area contributed by atoms with E-state index in [1.807, 2.05) is 4.90 Å². The van der Waals surface area contributed by atoms with Crippen molar-refractivity contribution in [2.45, 2.75) is 12.0 Å². The van der Waals surface area contributed by atoms with E-state index in [-0.39, 0.29) is 12.0 Å². The molecular weight excluding hydrogens is 262 g/mol. The molecule has 0 unspecified atom stereocenters. The Morgan fingerprint density at radius 2 is 1.90 bits per heavy atom. The van der Waals surface area contributed by atoms with Crippen LogP contribution in [0.4, 0.5) is 14.7 Å². The number of rotatable bonds is 2. The van der Waals surface area contributed by atoms with E-state index in [0.29, 0.717) is 24.6 Å². The number of nitrogens with zero attached hydrogens (tertiary/aromatic N) is 3. The van der Waals surface area contributed by atoms with Gasteiger partial charge in [0.1, 0.15) is 11.6 Å². The smallest absolute Gasteiger partial charge is 0.225 e. The summed E-state index contributed by atoms with van der Waals surface area (Å²) >= 11 is 0. The molecule has 20 heavy (non-hydrogen) atoms. The quantitative estimate of drug-likeness (QED) is 0.907. The van der Waals surface area contributed by atoms with Gasteiger partial charge in [-0.05, 0) is 29.8 Å². The van der Waals surface area contributed by atoms with E-state index < -0.39 is 11.6 Å². The zero-order valence-corrected chi connectivity index (χ0v) is 10.7. The van der Waals surface area contributed by atoms with Gasteiger partial charge in [-0.2, -0.15) is 0 Å². The van der Waals surface area contributed by atoms with Gasteiger partial charge in [0, 0.05) is 37.4 Å². The molecule has 2 aromatic rings. The lowest BCUT2D eigenvalue weighted by Crippen LogP contribution is -2.29. The van der Waals surface area contributed by atoms with Gasteiger partial charge in [-0.15, -0.1) is 0 Å². The van der Waals surface area contributed by atoms with Crippen molar-refractivity contribution in [2.24, 2.45) is 5.73 Å². The number of nitrogens with two attached hydrogens (primary N) is 1. The van der Waals surface area contributed by atoms with Crippen LogP contribution in [0.1, 0.15) is 11.5 Å². The number of halogens is 2. The summed E-state index contributed by atoms with van der Waals surface area (Å²) in [4.78, 5) is 10.2. The highest BCUT2D eigenvalue weighted by Crippen LogP contribution is 2.30. The molecule has 1 aromatic carbocycles. The van der Waals surface area contributed by atoms with Crippen LogP contribution in [0.3, 0.4) is 0 Å². The Labute approximate surface area is 115 Å². The van der Waals surface area contributed by atoms with Crippen molar-refractivity contribution < 1.29 is 8.78 Å². The zero-order valence-electron chi connectivity index (χ0n) is 10.7. The Bertz CT molecular complexity index is 605. The monoisotopic (exact) mass is 276 g/mol. The zero-order chi connectivity index (χ0) is 14.1. The lowest BCUT2D eigenvalue weighted by atomic mass is 9.94. The van der Waals surface area contributed by atoms with Crippen molar-refractivity contribution in [1.82, 2.24) is 9.97 Å². The normalized spacial score (nSPS) is 22.2. The van der Waals surface area contributed by atoms with Crippen LogP contribution in [0, 0.1) is 11.6 Å². The molecule has 1 aromatic heterocycles. The first kappa shape index (κ1) is 12.9. The third-order valence-electron chi connectivity index (χ3n) is 3.56. The van der Waals surface area contributed by atoms with Gasteiger partial charge in [0.2, 0.25) is 5.95 Å². The highest BCUT2D eigenvalue weighted by molar-refractivity contribution is 5.37. The molecule has 104 valence electrons. The first-order chi connectivity index (χ1) is 9.65. The Morgan fingerprint density at radius 1 is 1.15 bits per heavy atom. The maximum Gasteiger partial charge on any atom is 0.225 e. The van der Waals surface area contributed by atoms with Crippen molar-refractivity contribution in [1.29, 1.82) is 0 Å². The number of aromatic nitrogens is 2. The first-order valence-corrected chi connectivity index (χ1v) is 6.37. The summed E-state index contributed by atoms with van der Waals surface area (Å²) in [6, 6.07) is 4.91. The maximum absolute atomic E-state index is 13.9. The molecule has 2 heterocycles. The molecule has 2 N–H and O–H groups in total. The second-order valence-corrected chi connectivity index (χ2v) is 4.89. The van der Waals surface area contributed by atoms with E-state index in [0.717, 1.165) is 12.1 Å². The second kappa shape index (κ2) is 5.13. The molecule has 2 atom stereocenters. The lowest BCUT2D eigenvalue weighted by molar-refractivity contribution is 0.551. The average Bonchev–Trinajstić information content (AvgIpc) is 2.84. The fourth-order valence-corrected chi connectivity index (χ4v) is 2.57. The summed E-state index contributed by atoms with van der Waals surface area (Å²) in [5, 5.41) is 0. The topological polar surface area (TPSA) is 55.0 Å². The molecule has 3 rings (SSSR count). The molecule has 1 fully saturated rings. The molecule has 0 amide bonds. The molecule has 0 aliphatic carbocycles. The van der Waals surface area contributed by atoms with E-state index in [1.54, 1.807) is 18.5 Å². The van der Waals surface area contributed by atoms with Crippen LogP contribution in [-0.4, -0.2) is 29.1 Å². The van der Waals surface area contributed by atoms with Crippen molar-refractivity contribution in [3.05, 3.63) is 53.9 Å². The van der Waals surface area contributed by atoms with Crippen molar-refractivity contribution in [3.8, 4) is 0 Å². The number of benzene rings is 1. The molecule has 4 nitrogen and oxygen atoms in total. The number of anilines is 1. The molecule has 0 bridgehead atoms. The van der Waals surface area contributed by atoms with Gasteiger partial charge < -0.3 is 10.6 Å². The summed E-state index contributed by atoms with van der Waals surface area (Å²) in [6.45, 7) is 0.996. The van der Waals surface area contributed by atoms with Crippen LogP contribution in [0.25, 0.3) is 0 Å². The van der Waals surface area contributed by atoms with Crippen molar-refractivity contribution in [3.63, 3.8) is 0 Å². The molecule has 0 saturated carbocycles. The summed E-state index contributed by atoms with van der Waals surface area (Å²) < 4.78 is 27.2. The van der Waals surface area contributed by atoms with Gasteiger partial charge in [-0.25, -0.2) is 18.7 Å². The third kappa shape index (κ3) is 2.34. The predicted molar refractivity (Wildman–Crippen MR) is 71.3 cm³/mol. The van der Waals surface area contributed by atoms with Crippen LogP contribution in [-0.2, 0) is 0 Å². The first-order valence-electron chi connectivity index (χ1n) is 6.37. The fourth-order valence-electron chi connectivity index (χ4n) is 2.57. The molecular formula is C14H14F2N4. The standard InChI is InChI=1S/C14H14F2N4/c15-9-2-3-12(16)10(6-9)11-7-20(8-13(11)17)14-18-4-1-5-19-14/h1-6,11,13H,7-8,17H2/t11-,13-/m1/s1. The van der Waals surface area contributed by atoms with Crippen molar-refractivity contribution in [2.75, 3.05) is 18.0 Å². The molecule has 1 aliphatic heterocycles. The van der Waals surface area contributed by atoms with Gasteiger partial charge in [0.25, 0.3) is 0 Å². The van der Waals surface area contributed by atoms with Gasteiger partial charge >= 0.3 is 0 Å². The largest absolute Gasteiger partial charge is 0.339 e. The molecule has 6 heteroatoms. The maximum atomic E-state index is 13.9. The van der Waals surface area contributed by atoms with Gasteiger partial charge in [0.05, 0.1) is 0 Å². The van der Waals surface area contributed by atoms with E-state index in [4.69, 9.17) is 5.73 Å². The second-order valence-electron chi connectivity index (χ2n) is 4.89. The predicted octanol–water partition coefficient (Wildman–Crippen LogP) is 1.69. The summed E-state index contributed by atoms with van der Waals surface area (Å²) in [7, 11) is 0. The minimum Gasteiger partial charge on any atom is -0.339 e. The number of hydrogen-bond donors (Lipinski definition) is 1. The van der Waals surface area contributed by atoms with Gasteiger partial charge in [0.15, 0.2) is 0 Å². The highest BCUT2D eigenvalue weighted by Gasteiger charge is 2.34. The third-order valence-corrected chi connectivity index (χ3v) is 3.56. The Hall–Kier alpha value is -2.08. The summed E-state index contributed by atoms with van der Waals surface area (Å²) in [5.74, 6) is -0.595. The van der Waals surface area contributed by atoms with E-state index >= 15 is 0 Å². The van der Waals surface area contributed by atoms with Crippen LogP contribution in [0.15, 0.2) is 36.7 Å². The van der Waals surface area contributed by atoms with Crippen LogP contribution >= 0.6 is 0 Å². The Balaban J connectivity index is 1.87. The SMILES string of the molecule is N[C@@H]1CN(c2ncccn2)C[C@@H]1c1cc(F)ccc1F. The summed E-state index contributed by atoms with van der Waals surface area (Å²) in [6.07, 6.45) is 3.29. The van der Waals surface area contributed by atoms with Gasteiger partial charge in [-0.3, -0.25) is 0 Å². The van der Waals surface area contributed by atoms with Crippen LogP contribution in [0.2, 0.25) is 0 Å². The van der Waals surface area contributed by atoms with Crippen molar-refractivity contribution >= 4 is 5.95 Å². The molecule has 0 radical (unpaired) electrons. The van der Waals surface area contributed by atoms with Crippen LogP contribution < -0.4 is 10.6 Å². The Morgan fingerprint density at radius 3 is 2.65 bits per heavy atom. The minimum atomic E-state index is -0.456. The van der Waals surface area contributed by atoms with Gasteiger partial charge in [-0.1, -0.05) is 0 Å². The average molecular weight is 276 g/mol. The van der Waals surface area contributed by atoms with E-state index in [1.165, 1.54) is 6.07 Å². The highest BCUT2D eigenvalue weighted by atomic mass is 19.1. The minimum absolute atomic E-state index is 0.269. The van der Waals surface area contributed by atoms with Crippen LogP contribution in [0.5, 0.6) is 0 Å². The fraction of sp³-hybridized carbons (Fsp3) is 0.286. The van der Waals surface area contributed by atoms with E-state index in [2.05, 4.69) is 9.97 Å². The van der Waals surface area contributed by atoms with E-state index in [9.17, 15) is 8.78 Å². The summed E-state index contributed by atoms with van der Waals surface area (Å²) in [5.41, 5.74) is 6.39. The molecule has 0 spiro atoms. The molecule has 1 saturated heterocycles. The lowest BCUT2D eigenvalue weighted by Gasteiger charge is -2.16.